The molecule has 0 spiro atoms. The van der Waals surface area contributed by atoms with Crippen molar-refractivity contribution in [3.05, 3.63) is 29.3 Å². The third kappa shape index (κ3) is 7.50. The lowest BCUT2D eigenvalue weighted by molar-refractivity contribution is -0.134. The van der Waals surface area contributed by atoms with Gasteiger partial charge in [0.1, 0.15) is 0 Å². The fourth-order valence-corrected chi connectivity index (χ4v) is 6.62. The standard InChI is InChI=1S/C26H36ClN7O4S/c1-33(2)26(37)15-5-10-18(29-22(32-38-4)23(35)28-17-8-6-16(27)7-9-17)20(13-15)30-24(36)25-31-19-11-12-34(3)14-21(19)39-25/h6-9,15,18-21H,5,10-14H2,1-4H3,(H,28,35)(H,29,32)(H,30,36)/t15-,18-,19?,20+,21?/m0/s1. The average molecular weight is 578 g/mol. The van der Waals surface area contributed by atoms with Crippen LogP contribution < -0.4 is 16.1 Å². The summed E-state index contributed by atoms with van der Waals surface area (Å²) >= 11 is 7.46. The molecular formula is C26H36ClN7O4S. The highest BCUT2D eigenvalue weighted by atomic mass is 35.5. The van der Waals surface area contributed by atoms with Gasteiger partial charge in [0, 0.05) is 42.5 Å². The second-order valence-corrected chi connectivity index (χ2v) is 12.0. The highest BCUT2D eigenvalue weighted by Crippen LogP contribution is 2.33. The highest BCUT2D eigenvalue weighted by molar-refractivity contribution is 8.16. The molecule has 2 unspecified atom stereocenters. The Bertz CT molecular complexity index is 1130. The maximum absolute atomic E-state index is 13.4. The van der Waals surface area contributed by atoms with E-state index in [0.29, 0.717) is 35.0 Å². The van der Waals surface area contributed by atoms with Crippen LogP contribution in [0.4, 0.5) is 5.69 Å². The summed E-state index contributed by atoms with van der Waals surface area (Å²) in [5, 5.41) is 7.16. The molecular weight excluding hydrogens is 542 g/mol. The van der Waals surface area contributed by atoms with Gasteiger partial charge >= 0.3 is 0 Å². The first-order chi connectivity index (χ1) is 18.6. The maximum atomic E-state index is 13.4. The Morgan fingerprint density at radius 3 is 2.62 bits per heavy atom. The van der Waals surface area contributed by atoms with Crippen molar-refractivity contribution >= 4 is 57.7 Å². The number of nitrogens with zero attached hydrogens (tertiary/aromatic N) is 4. The number of hydroxylamine groups is 1. The van der Waals surface area contributed by atoms with Crippen molar-refractivity contribution in [3.8, 4) is 0 Å². The van der Waals surface area contributed by atoms with Crippen LogP contribution in [0, 0.1) is 5.92 Å². The number of hydrogen-bond acceptors (Lipinski definition) is 8. The van der Waals surface area contributed by atoms with Crippen LogP contribution in [0.25, 0.3) is 0 Å². The Labute approximate surface area is 238 Å². The Balaban J connectivity index is 1.52. The van der Waals surface area contributed by atoms with Crippen LogP contribution in [-0.4, -0.2) is 103 Å². The third-order valence-electron chi connectivity index (χ3n) is 7.20. The summed E-state index contributed by atoms with van der Waals surface area (Å²) in [7, 11) is 6.93. The SMILES string of the molecule is CONC(=N[C@H]1CC[C@H](C(=O)N(C)C)C[C@H]1NC(=O)C1=NC2CCN(C)CC2S1)C(=O)Nc1ccc(Cl)cc1. The number of amidine groups is 1. The van der Waals surface area contributed by atoms with E-state index in [9.17, 15) is 14.4 Å². The molecule has 1 aromatic carbocycles. The molecule has 5 atom stereocenters. The minimum absolute atomic E-state index is 0.00837. The quantitative estimate of drug-likeness (QED) is 0.267. The van der Waals surface area contributed by atoms with Crippen molar-refractivity contribution in [1.82, 2.24) is 20.6 Å². The van der Waals surface area contributed by atoms with Gasteiger partial charge in [-0.15, -0.1) is 0 Å². The number of nitrogens with one attached hydrogen (secondary N) is 3. The minimum Gasteiger partial charge on any atom is -0.349 e. The van der Waals surface area contributed by atoms with Crippen molar-refractivity contribution < 1.29 is 19.2 Å². The molecule has 11 nitrogen and oxygen atoms in total. The van der Waals surface area contributed by atoms with Crippen LogP contribution in [0.3, 0.4) is 0 Å². The average Bonchev–Trinajstić information content (AvgIpc) is 3.33. The van der Waals surface area contributed by atoms with Crippen molar-refractivity contribution in [2.24, 2.45) is 15.9 Å². The van der Waals surface area contributed by atoms with Crippen LogP contribution in [0.1, 0.15) is 25.7 Å². The molecule has 4 rings (SSSR count). The number of thioether (sulfide) groups is 1. The first-order valence-corrected chi connectivity index (χ1v) is 14.3. The normalized spacial score (nSPS) is 27.3. The monoisotopic (exact) mass is 577 g/mol. The van der Waals surface area contributed by atoms with E-state index >= 15 is 0 Å². The number of rotatable bonds is 6. The molecule has 1 saturated heterocycles. The van der Waals surface area contributed by atoms with Gasteiger partial charge in [0.2, 0.25) is 11.7 Å². The van der Waals surface area contributed by atoms with E-state index in [4.69, 9.17) is 21.4 Å². The molecule has 3 N–H and O–H groups in total. The first kappa shape index (κ1) is 29.3. The van der Waals surface area contributed by atoms with E-state index in [0.717, 1.165) is 19.5 Å². The van der Waals surface area contributed by atoms with Gasteiger partial charge in [0.05, 0.1) is 25.2 Å². The van der Waals surface area contributed by atoms with Gasteiger partial charge in [-0.1, -0.05) is 23.4 Å². The number of piperidine rings is 1. The van der Waals surface area contributed by atoms with E-state index in [1.165, 1.54) is 18.9 Å². The summed E-state index contributed by atoms with van der Waals surface area (Å²) in [6.45, 7) is 1.85. The van der Waals surface area contributed by atoms with E-state index in [1.807, 2.05) is 0 Å². The van der Waals surface area contributed by atoms with Gasteiger partial charge in [0.15, 0.2) is 5.04 Å². The zero-order chi connectivity index (χ0) is 28.1. The topological polar surface area (TPSA) is 128 Å². The number of hydrogen-bond donors (Lipinski definition) is 3. The predicted octanol–water partition coefficient (Wildman–Crippen LogP) is 1.79. The van der Waals surface area contributed by atoms with Crippen molar-refractivity contribution in [2.75, 3.05) is 46.7 Å². The second-order valence-electron chi connectivity index (χ2n) is 10.3. The Kier molecular flexibility index (Phi) is 9.86. The van der Waals surface area contributed by atoms with Crippen molar-refractivity contribution in [3.63, 3.8) is 0 Å². The van der Waals surface area contributed by atoms with Crippen LogP contribution in [-0.2, 0) is 19.2 Å². The van der Waals surface area contributed by atoms with Crippen LogP contribution in [0.2, 0.25) is 5.02 Å². The number of anilines is 1. The molecule has 3 amide bonds. The third-order valence-corrected chi connectivity index (χ3v) is 8.73. The molecule has 0 radical (unpaired) electrons. The Morgan fingerprint density at radius 1 is 1.18 bits per heavy atom. The van der Waals surface area contributed by atoms with E-state index < -0.39 is 18.0 Å². The summed E-state index contributed by atoms with van der Waals surface area (Å²) in [4.78, 5) is 57.4. The number of fused-ring (bicyclic) bond motifs is 1. The zero-order valence-corrected chi connectivity index (χ0v) is 24.2. The van der Waals surface area contributed by atoms with E-state index in [1.54, 1.807) is 43.3 Å². The molecule has 1 saturated carbocycles. The Hall–Kier alpha value is -2.67. The van der Waals surface area contributed by atoms with Crippen molar-refractivity contribution in [1.29, 1.82) is 0 Å². The van der Waals surface area contributed by atoms with Gasteiger partial charge in [-0.05, 0) is 63.5 Å². The number of amides is 3. The molecule has 13 heteroatoms. The number of aliphatic imine (C=N–C) groups is 2. The molecule has 1 aromatic rings. The van der Waals surface area contributed by atoms with Crippen LogP contribution in [0.5, 0.6) is 0 Å². The first-order valence-electron chi connectivity index (χ1n) is 13.0. The van der Waals surface area contributed by atoms with Gasteiger partial charge in [0.25, 0.3) is 11.8 Å². The lowest BCUT2D eigenvalue weighted by Crippen LogP contribution is -2.51. The smallest absolute Gasteiger partial charge is 0.292 e. The molecule has 0 aromatic heterocycles. The van der Waals surface area contributed by atoms with Gasteiger partial charge in [-0.3, -0.25) is 29.2 Å². The fraction of sp³-hybridized carbons (Fsp3) is 0.577. The number of likely N-dealkylation sites (tertiary alicyclic amines) is 1. The number of halogens is 1. The Morgan fingerprint density at radius 2 is 1.92 bits per heavy atom. The van der Waals surface area contributed by atoms with Gasteiger partial charge < -0.3 is 20.4 Å². The van der Waals surface area contributed by atoms with E-state index in [2.05, 4.69) is 33.1 Å². The summed E-state index contributed by atoms with van der Waals surface area (Å²) in [5.41, 5.74) is 3.12. The predicted molar refractivity (Wildman–Crippen MR) is 154 cm³/mol. The van der Waals surface area contributed by atoms with Gasteiger partial charge in [-0.2, -0.15) is 0 Å². The molecule has 1 aliphatic carbocycles. The lowest BCUT2D eigenvalue weighted by atomic mass is 9.81. The number of benzene rings is 1. The summed E-state index contributed by atoms with van der Waals surface area (Å²) in [6, 6.07) is 5.93. The lowest BCUT2D eigenvalue weighted by Gasteiger charge is -2.35. The maximum Gasteiger partial charge on any atom is 0.292 e. The summed E-state index contributed by atoms with van der Waals surface area (Å²) < 4.78 is 0. The van der Waals surface area contributed by atoms with Crippen LogP contribution in [0.15, 0.2) is 34.3 Å². The highest BCUT2D eigenvalue weighted by Gasteiger charge is 2.40. The second kappa shape index (κ2) is 13.1. The van der Waals surface area contributed by atoms with Crippen LogP contribution >= 0.6 is 23.4 Å². The number of carbonyl (C=O) groups is 3. The number of carbonyl (C=O) groups excluding carboxylic acids is 3. The molecule has 2 heterocycles. The summed E-state index contributed by atoms with van der Waals surface area (Å²) in [5.74, 6) is -1.04. The fourth-order valence-electron chi connectivity index (χ4n) is 5.16. The zero-order valence-electron chi connectivity index (χ0n) is 22.6. The molecule has 2 aliphatic heterocycles. The van der Waals surface area contributed by atoms with Crippen molar-refractivity contribution in [2.45, 2.75) is 49.1 Å². The molecule has 3 aliphatic rings. The molecule has 39 heavy (non-hydrogen) atoms. The molecule has 0 bridgehead atoms. The molecule has 2 fully saturated rings. The largest absolute Gasteiger partial charge is 0.349 e. The van der Waals surface area contributed by atoms with Gasteiger partial charge in [-0.25, -0.2) is 5.48 Å². The summed E-state index contributed by atoms with van der Waals surface area (Å²) in [6.07, 6.45) is 2.43. The van der Waals surface area contributed by atoms with E-state index in [-0.39, 0.29) is 34.9 Å². The minimum atomic E-state index is -0.500. The molecule has 212 valence electrons.